The summed E-state index contributed by atoms with van der Waals surface area (Å²) in [6.45, 7) is -5.97. The third-order valence-corrected chi connectivity index (χ3v) is 11.6. The lowest BCUT2D eigenvalue weighted by atomic mass is 10.2. The number of amides is 2. The van der Waals surface area contributed by atoms with Crippen LogP contribution in [0.1, 0.15) is 23.2 Å². The van der Waals surface area contributed by atoms with Crippen molar-refractivity contribution in [3.8, 4) is 11.8 Å². The van der Waals surface area contributed by atoms with E-state index in [9.17, 15) is 63.8 Å². The van der Waals surface area contributed by atoms with Gasteiger partial charge in [-0.05, 0) is 59.3 Å². The molecule has 0 aliphatic carbocycles. The van der Waals surface area contributed by atoms with Gasteiger partial charge < -0.3 is 38.8 Å². The summed E-state index contributed by atoms with van der Waals surface area (Å²) >= 11 is 8.17. The molecule has 1 aliphatic rings. The summed E-state index contributed by atoms with van der Waals surface area (Å²) in [5.74, 6) is -6.55. The zero-order valence-corrected chi connectivity index (χ0v) is 40.9. The lowest BCUT2D eigenvalue weighted by Gasteiger charge is -2.15. The fourth-order valence-corrected chi connectivity index (χ4v) is 8.17. The van der Waals surface area contributed by atoms with Crippen LogP contribution >= 0.6 is 42.3 Å². The summed E-state index contributed by atoms with van der Waals surface area (Å²) in [4.78, 5) is 85.1. The largest absolute Gasteiger partial charge is 0.778 e. The number of rotatable bonds is 16. The molecule has 0 spiro atoms. The summed E-state index contributed by atoms with van der Waals surface area (Å²) < 4.78 is 115. The Morgan fingerprint density at radius 1 is 1.01 bits per heavy atom. The van der Waals surface area contributed by atoms with Crippen LogP contribution < -0.4 is 39.4 Å². The van der Waals surface area contributed by atoms with Gasteiger partial charge in [-0.3, -0.25) is 29.7 Å². The average molecular weight is 1100 g/mol. The number of hydrogen-bond donors (Lipinski definition) is 6. The molecule has 0 fully saturated rings. The zero-order chi connectivity index (χ0) is 52.2. The van der Waals surface area contributed by atoms with Crippen molar-refractivity contribution in [2.24, 2.45) is 4.99 Å². The Morgan fingerprint density at radius 2 is 1.58 bits per heavy atom. The molecule has 23 nitrogen and oxygen atoms in total. The number of alkyl halides is 4. The second kappa shape index (κ2) is 28.4. The Kier molecular flexibility index (Phi) is 24.6. The van der Waals surface area contributed by atoms with Crippen molar-refractivity contribution in [1.82, 2.24) is 29.4 Å². The number of methoxy groups -OCH3 is 1. The summed E-state index contributed by atoms with van der Waals surface area (Å²) in [7, 11) is -7.13. The molecule has 5 rings (SSSR count). The van der Waals surface area contributed by atoms with Crippen LogP contribution in [-0.2, 0) is 52.9 Å². The normalized spacial score (nSPS) is 13.0. The molecule has 2 aromatic carbocycles. The van der Waals surface area contributed by atoms with Crippen molar-refractivity contribution in [1.29, 1.82) is 0 Å². The van der Waals surface area contributed by atoms with Crippen molar-refractivity contribution in [3.05, 3.63) is 73.3 Å². The highest BCUT2D eigenvalue weighted by molar-refractivity contribution is 8.00. The van der Waals surface area contributed by atoms with E-state index >= 15 is 0 Å². The predicted octanol–water partition coefficient (Wildman–Crippen LogP) is 3.34. The molecule has 4 aromatic rings. The number of benzene rings is 2. The van der Waals surface area contributed by atoms with Gasteiger partial charge in [0.1, 0.15) is 24.0 Å². The zero-order valence-electron chi connectivity index (χ0n) is 36.0. The maximum atomic E-state index is 14.3. The van der Waals surface area contributed by atoms with E-state index in [1.807, 2.05) is 5.32 Å². The molecule has 382 valence electrons. The van der Waals surface area contributed by atoms with Gasteiger partial charge >= 0.3 is 42.0 Å². The van der Waals surface area contributed by atoms with Crippen LogP contribution in [0, 0.1) is 5.82 Å². The highest BCUT2D eigenvalue weighted by atomic mass is 35.5. The number of thioether (sulfide) groups is 1. The first-order chi connectivity index (χ1) is 32.1. The molecule has 1 atom stereocenters. The van der Waals surface area contributed by atoms with Gasteiger partial charge in [0.2, 0.25) is 22.5 Å². The average Bonchev–Trinajstić information content (AvgIpc) is 3.54. The summed E-state index contributed by atoms with van der Waals surface area (Å²) in [5.41, 5.74) is -0.562. The number of aliphatic carboxylic acids is 1. The fraction of sp³-hybridized carbons (Fsp3) is 0.371. The molecule has 3 heterocycles. The Hall–Kier alpha value is -5.34. The van der Waals surface area contributed by atoms with E-state index in [1.165, 1.54) is 30.0 Å². The molecule has 6 N–H and O–H groups in total. The topological polar surface area (TPSA) is 332 Å². The number of aromatic carboxylic acids is 1. The van der Waals surface area contributed by atoms with E-state index in [-0.39, 0.29) is 21.3 Å². The van der Waals surface area contributed by atoms with Crippen molar-refractivity contribution < 1.29 is 88.3 Å². The second-order valence-corrected chi connectivity index (χ2v) is 21.2. The number of ether oxygens (including phenoxy) is 3. The SMILES string of the molecule is COC(=O)CSc1cc(/N=c2\sc(=O)n3n2CCCC3)c(F)cc1Cl.C[S+](C)C.O=C(Nc1nc(OC(F)F)cc(OC(F)F)n1)NS(=O)(=O)c1ccccc1C(=O)O.O=C(O)CNCP(=O)([O-])O. The van der Waals surface area contributed by atoms with Gasteiger partial charge in [0.15, 0.2) is 0 Å². The molecular formula is C35H41ClF5N8O15PS4. The van der Waals surface area contributed by atoms with E-state index < -0.39 is 102 Å². The minimum Gasteiger partial charge on any atom is -0.778 e. The number of esters is 1. The molecule has 1 unspecified atom stereocenters. The monoisotopic (exact) mass is 1100 g/mol. The predicted molar refractivity (Wildman–Crippen MR) is 239 cm³/mol. The number of nitrogens with one attached hydrogen (secondary N) is 3. The van der Waals surface area contributed by atoms with Gasteiger partial charge in [0, 0.05) is 18.0 Å². The number of nitrogens with zero attached hydrogens (tertiary/aromatic N) is 5. The van der Waals surface area contributed by atoms with Crippen LogP contribution in [0.15, 0.2) is 62.0 Å². The van der Waals surface area contributed by atoms with Crippen LogP contribution in [0.3, 0.4) is 0 Å². The number of carbonyl (C=O) groups is 4. The van der Waals surface area contributed by atoms with Gasteiger partial charge in [0.25, 0.3) is 10.0 Å². The standard InChI is InChI=1S/C15H15ClFN3O3S2.C14H10F4N4O7S.C3H8NO5P.C3H9S/c1-23-13(21)8-24-12-7-11(10(17)6-9(12)16)18-14-19-4-2-3-5-20(19)15(22)25-14;15-11(16)28-8-5-9(29-12(17)18)20-13(19-8)21-14(25)22-30(26,27)7-4-2-1-3-6(7)10(23)24;5-3(6)1-4-2-10(7,8)9;1-4(2)3/h6-7H,2-5,8H2,1H3;1-5,11-12H,(H,23,24)(H2,19,20,21,22,25);4H,1-2H2,(H,5,6)(H2,7,8,9);1-3H3/q;;;+1/p-1/b18-14-;;;. The highest BCUT2D eigenvalue weighted by Gasteiger charge is 2.25. The number of carbonyl (C=O) groups excluding carboxylic acids is 2. The van der Waals surface area contributed by atoms with Gasteiger partial charge in [-0.1, -0.05) is 23.7 Å². The summed E-state index contributed by atoms with van der Waals surface area (Å²) in [6, 6.07) is 5.87. The van der Waals surface area contributed by atoms with Gasteiger partial charge in [0.05, 0.1) is 61.1 Å². The molecule has 2 aromatic heterocycles. The van der Waals surface area contributed by atoms with Crippen molar-refractivity contribution in [3.63, 3.8) is 0 Å². The highest BCUT2D eigenvalue weighted by Crippen LogP contribution is 2.33. The molecule has 2 amide bonds. The van der Waals surface area contributed by atoms with E-state index in [0.717, 1.165) is 54.1 Å². The third kappa shape index (κ3) is 22.3. The molecule has 1 aliphatic heterocycles. The Bertz CT molecular complexity index is 2680. The summed E-state index contributed by atoms with van der Waals surface area (Å²) in [6.07, 6.45) is 7.77. The van der Waals surface area contributed by atoms with Crippen LogP contribution in [0.4, 0.5) is 38.4 Å². The van der Waals surface area contributed by atoms with Crippen LogP contribution in [0.25, 0.3) is 0 Å². The molecule has 0 radical (unpaired) electrons. The number of fused-ring (bicyclic) bond motifs is 1. The minimum atomic E-state index is -4.71. The molecule has 0 saturated carbocycles. The second-order valence-electron chi connectivity index (χ2n) is 13.1. The maximum absolute atomic E-state index is 14.3. The van der Waals surface area contributed by atoms with Crippen LogP contribution in [0.5, 0.6) is 11.8 Å². The van der Waals surface area contributed by atoms with Crippen molar-refractivity contribution >= 4 is 98.8 Å². The first-order valence-electron chi connectivity index (χ1n) is 18.6. The maximum Gasteiger partial charge on any atom is 0.388 e. The van der Waals surface area contributed by atoms with E-state index in [1.54, 1.807) is 14.7 Å². The lowest BCUT2D eigenvalue weighted by Crippen LogP contribution is -2.35. The Morgan fingerprint density at radius 3 is 2.10 bits per heavy atom. The number of sulfonamides is 1. The van der Waals surface area contributed by atoms with Crippen molar-refractivity contribution in [2.45, 2.75) is 48.9 Å². The number of aromatic nitrogens is 4. The molecule has 0 bridgehead atoms. The number of carboxylic acid groups (broad SMARTS) is 2. The minimum absolute atomic E-state index is 0.0605. The first-order valence-corrected chi connectivity index (χ1v) is 26.4. The molecule has 69 heavy (non-hydrogen) atoms. The number of carboxylic acids is 2. The molecular weight excluding hydrogens is 1060 g/mol. The molecule has 34 heteroatoms. The van der Waals surface area contributed by atoms with E-state index in [2.05, 4.69) is 47.9 Å². The summed E-state index contributed by atoms with van der Waals surface area (Å²) in [5, 5.41) is 20.9. The van der Waals surface area contributed by atoms with Gasteiger partial charge in [-0.15, -0.1) is 11.8 Å². The lowest BCUT2D eigenvalue weighted by molar-refractivity contribution is -0.193. The number of urea groups is 1. The number of anilines is 1. The third-order valence-electron chi connectivity index (χ3n) is 7.23. The van der Waals surface area contributed by atoms with Crippen LogP contribution in [-0.4, -0.2) is 124 Å². The van der Waals surface area contributed by atoms with Crippen LogP contribution in [0.2, 0.25) is 5.02 Å². The van der Waals surface area contributed by atoms with E-state index in [0.29, 0.717) is 39.7 Å². The molecule has 0 saturated heterocycles. The smallest absolute Gasteiger partial charge is 0.388 e. The Labute approximate surface area is 403 Å². The van der Waals surface area contributed by atoms with E-state index in [4.69, 9.17) is 26.7 Å². The Balaban J connectivity index is 0.000000375. The number of halogens is 6. The first kappa shape index (κ1) is 59.8. The fourth-order valence-electron chi connectivity index (χ4n) is 4.68. The number of hydrogen-bond acceptors (Lipinski definition) is 18. The van der Waals surface area contributed by atoms with Gasteiger partial charge in [-0.2, -0.15) is 27.5 Å². The quantitative estimate of drug-likeness (QED) is 0.0308. The van der Waals surface area contributed by atoms with Crippen molar-refractivity contribution in [2.75, 3.05) is 49.8 Å². The van der Waals surface area contributed by atoms with Gasteiger partial charge in [-0.25, -0.2) is 36.8 Å².